The first-order valence-corrected chi connectivity index (χ1v) is 13.2. The monoisotopic (exact) mass is 593 g/mol. The first-order valence-electron chi connectivity index (χ1n) is 11.6. The van der Waals surface area contributed by atoms with Gasteiger partial charge in [0.1, 0.15) is 0 Å². The average Bonchev–Trinajstić information content (AvgIpc) is 3.19. The van der Waals surface area contributed by atoms with Gasteiger partial charge in [-0.2, -0.15) is 0 Å². The number of carbonyl (C=O) groups excluding carboxylic acids is 1. The summed E-state index contributed by atoms with van der Waals surface area (Å²) in [6.07, 6.45) is 1.39. The molecule has 0 radical (unpaired) electrons. The van der Waals surface area contributed by atoms with E-state index in [1.165, 1.54) is 22.8 Å². The standard InChI is InChI=1S/C27H20BrN3O6S/c1-3-37-26(34)22-14(2)29-27-30(23(22)19-10-6-8-15-7-4-5-9-18(15)19)25(33)21(38-27)12-16-11-17(28)13-20(24(16)32)31(35)36/h4-13,23,32H,3H2,1-2H3/b21-12+/t23-/m1/s1. The van der Waals surface area contributed by atoms with Gasteiger partial charge in [0.15, 0.2) is 4.80 Å². The number of benzene rings is 3. The van der Waals surface area contributed by atoms with Crippen LogP contribution in [0.15, 0.2) is 80.1 Å². The molecule has 1 atom stereocenters. The van der Waals surface area contributed by atoms with Gasteiger partial charge in [-0.3, -0.25) is 19.5 Å². The summed E-state index contributed by atoms with van der Waals surface area (Å²) in [4.78, 5) is 42.6. The second-order valence-corrected chi connectivity index (χ2v) is 10.4. The molecule has 0 saturated carbocycles. The highest BCUT2D eigenvalue weighted by atomic mass is 79.9. The molecule has 38 heavy (non-hydrogen) atoms. The molecule has 1 aliphatic heterocycles. The third kappa shape index (κ3) is 4.33. The van der Waals surface area contributed by atoms with Crippen molar-refractivity contribution in [1.29, 1.82) is 0 Å². The lowest BCUT2D eigenvalue weighted by Gasteiger charge is -2.25. The quantitative estimate of drug-likeness (QED) is 0.209. The second kappa shape index (κ2) is 9.99. The Kier molecular flexibility index (Phi) is 6.72. The number of hydrogen-bond donors (Lipinski definition) is 1. The SMILES string of the molecule is CCOC(=O)C1=C(C)N=c2s/c(=C/c3cc(Br)cc([N+](=O)[O-])c3O)c(=O)n2[C@@H]1c1cccc2ccccc12. The van der Waals surface area contributed by atoms with Crippen molar-refractivity contribution in [3.8, 4) is 5.75 Å². The molecule has 3 aromatic carbocycles. The molecule has 0 amide bonds. The summed E-state index contributed by atoms with van der Waals surface area (Å²) in [5.41, 5.74) is 0.558. The fraction of sp³-hybridized carbons (Fsp3) is 0.148. The molecule has 1 aliphatic rings. The summed E-state index contributed by atoms with van der Waals surface area (Å²) < 4.78 is 7.36. The van der Waals surface area contributed by atoms with Crippen LogP contribution in [0.2, 0.25) is 0 Å². The molecule has 11 heteroatoms. The van der Waals surface area contributed by atoms with Crippen LogP contribution < -0.4 is 14.9 Å². The molecule has 1 aromatic heterocycles. The largest absolute Gasteiger partial charge is 0.502 e. The van der Waals surface area contributed by atoms with Gasteiger partial charge in [0.2, 0.25) is 5.75 Å². The van der Waals surface area contributed by atoms with Gasteiger partial charge in [0.25, 0.3) is 5.56 Å². The number of nitrogens with zero attached hydrogens (tertiary/aromatic N) is 3. The van der Waals surface area contributed by atoms with E-state index in [-0.39, 0.29) is 22.3 Å². The highest BCUT2D eigenvalue weighted by molar-refractivity contribution is 9.10. The summed E-state index contributed by atoms with van der Waals surface area (Å²) in [7, 11) is 0. The molecule has 0 bridgehead atoms. The van der Waals surface area contributed by atoms with E-state index in [0.717, 1.165) is 27.7 Å². The molecule has 5 rings (SSSR count). The van der Waals surface area contributed by atoms with Crippen molar-refractivity contribution in [2.45, 2.75) is 19.9 Å². The molecule has 0 saturated heterocycles. The van der Waals surface area contributed by atoms with Crippen molar-refractivity contribution in [2.24, 2.45) is 4.99 Å². The molecule has 0 spiro atoms. The molecular formula is C27H20BrN3O6S. The number of esters is 1. The van der Waals surface area contributed by atoms with Gasteiger partial charge in [-0.15, -0.1) is 0 Å². The maximum absolute atomic E-state index is 13.9. The van der Waals surface area contributed by atoms with Gasteiger partial charge in [-0.25, -0.2) is 9.79 Å². The fourth-order valence-electron chi connectivity index (χ4n) is 4.57. The van der Waals surface area contributed by atoms with E-state index in [0.29, 0.717) is 15.0 Å². The molecule has 4 aromatic rings. The van der Waals surface area contributed by atoms with Crippen molar-refractivity contribution in [3.05, 3.63) is 111 Å². The third-order valence-electron chi connectivity index (χ3n) is 6.20. The van der Waals surface area contributed by atoms with Crippen LogP contribution in [0.25, 0.3) is 16.8 Å². The first-order chi connectivity index (χ1) is 18.2. The zero-order valence-electron chi connectivity index (χ0n) is 20.2. The predicted molar refractivity (Wildman–Crippen MR) is 147 cm³/mol. The topological polar surface area (TPSA) is 124 Å². The summed E-state index contributed by atoms with van der Waals surface area (Å²) >= 11 is 4.29. The third-order valence-corrected chi connectivity index (χ3v) is 7.64. The number of nitro benzene ring substituents is 1. The van der Waals surface area contributed by atoms with Crippen molar-refractivity contribution in [1.82, 2.24) is 4.57 Å². The van der Waals surface area contributed by atoms with E-state index in [1.54, 1.807) is 13.8 Å². The van der Waals surface area contributed by atoms with Crippen molar-refractivity contribution in [3.63, 3.8) is 0 Å². The first kappa shape index (κ1) is 25.6. The number of phenols is 1. The van der Waals surface area contributed by atoms with Crippen LogP contribution in [0.4, 0.5) is 5.69 Å². The van der Waals surface area contributed by atoms with Crippen LogP contribution in [-0.4, -0.2) is 27.2 Å². The van der Waals surface area contributed by atoms with E-state index >= 15 is 0 Å². The number of ether oxygens (including phenoxy) is 1. The Labute approximate surface area is 227 Å². The number of hydrogen-bond acceptors (Lipinski definition) is 8. The number of aromatic nitrogens is 1. The minimum atomic E-state index is -0.816. The molecule has 0 unspecified atom stereocenters. The Morgan fingerprint density at radius 3 is 2.74 bits per heavy atom. The highest BCUT2D eigenvalue weighted by Gasteiger charge is 2.34. The average molecular weight is 594 g/mol. The minimum absolute atomic E-state index is 0.0966. The van der Waals surface area contributed by atoms with Gasteiger partial charge in [0, 0.05) is 16.1 Å². The number of rotatable bonds is 5. The molecular weight excluding hydrogens is 574 g/mol. The minimum Gasteiger partial charge on any atom is -0.502 e. The Bertz CT molecular complexity index is 1850. The lowest BCUT2D eigenvalue weighted by molar-refractivity contribution is -0.385. The Balaban J connectivity index is 1.81. The van der Waals surface area contributed by atoms with Crippen molar-refractivity contribution >= 4 is 55.8 Å². The highest BCUT2D eigenvalue weighted by Crippen LogP contribution is 2.36. The van der Waals surface area contributed by atoms with Crippen molar-refractivity contribution < 1.29 is 19.6 Å². The molecule has 9 nitrogen and oxygen atoms in total. The van der Waals surface area contributed by atoms with E-state index in [4.69, 9.17) is 4.74 Å². The van der Waals surface area contributed by atoms with Gasteiger partial charge in [0.05, 0.1) is 33.4 Å². The van der Waals surface area contributed by atoms with Crippen molar-refractivity contribution in [2.75, 3.05) is 6.61 Å². The van der Waals surface area contributed by atoms with Crippen LogP contribution >= 0.6 is 27.3 Å². The summed E-state index contributed by atoms with van der Waals surface area (Å²) in [6.45, 7) is 3.56. The van der Waals surface area contributed by atoms with Gasteiger partial charge < -0.3 is 9.84 Å². The maximum atomic E-state index is 13.9. The predicted octanol–water partition coefficient (Wildman–Crippen LogP) is 4.33. The molecule has 1 N–H and O–H groups in total. The molecule has 0 aliphatic carbocycles. The number of thiazole rings is 1. The number of carbonyl (C=O) groups is 1. The van der Waals surface area contributed by atoms with Crippen LogP contribution in [0.1, 0.15) is 31.0 Å². The zero-order valence-corrected chi connectivity index (χ0v) is 22.6. The summed E-state index contributed by atoms with van der Waals surface area (Å²) in [5, 5.41) is 23.7. The van der Waals surface area contributed by atoms with E-state index < -0.39 is 33.9 Å². The van der Waals surface area contributed by atoms with E-state index in [2.05, 4.69) is 20.9 Å². The molecule has 0 fully saturated rings. The van der Waals surface area contributed by atoms with Gasteiger partial charge >= 0.3 is 11.7 Å². The lowest BCUT2D eigenvalue weighted by Crippen LogP contribution is -2.40. The van der Waals surface area contributed by atoms with E-state index in [1.807, 2.05) is 42.5 Å². The summed E-state index contributed by atoms with van der Waals surface area (Å²) in [6, 6.07) is 15.2. The number of halogens is 1. The lowest BCUT2D eigenvalue weighted by atomic mass is 9.91. The van der Waals surface area contributed by atoms with Crippen LogP contribution in [0.3, 0.4) is 0 Å². The van der Waals surface area contributed by atoms with Crippen LogP contribution in [-0.2, 0) is 9.53 Å². The maximum Gasteiger partial charge on any atom is 0.338 e. The van der Waals surface area contributed by atoms with Crippen LogP contribution in [0.5, 0.6) is 5.75 Å². The number of nitro groups is 1. The number of allylic oxidation sites excluding steroid dienone is 1. The smallest absolute Gasteiger partial charge is 0.338 e. The molecule has 2 heterocycles. The van der Waals surface area contributed by atoms with Crippen LogP contribution in [0, 0.1) is 10.1 Å². The normalized spacial score (nSPS) is 15.3. The Morgan fingerprint density at radius 1 is 1.26 bits per heavy atom. The number of phenolic OH excluding ortho intramolecular Hbond substituents is 1. The summed E-state index contributed by atoms with van der Waals surface area (Å²) in [5.74, 6) is -1.13. The molecule has 192 valence electrons. The Morgan fingerprint density at radius 2 is 2.00 bits per heavy atom. The number of aromatic hydroxyl groups is 1. The Hall–Kier alpha value is -4.09. The fourth-order valence-corrected chi connectivity index (χ4v) is 6.07. The van der Waals surface area contributed by atoms with E-state index in [9.17, 15) is 24.8 Å². The van der Waals surface area contributed by atoms with Gasteiger partial charge in [-0.1, -0.05) is 69.7 Å². The zero-order chi connectivity index (χ0) is 27.1. The van der Waals surface area contributed by atoms with Gasteiger partial charge in [-0.05, 0) is 42.3 Å². The second-order valence-electron chi connectivity index (χ2n) is 8.49. The number of fused-ring (bicyclic) bond motifs is 2.